The molecule has 0 bridgehead atoms. The number of amides is 2. The summed E-state index contributed by atoms with van der Waals surface area (Å²) >= 11 is 0. The van der Waals surface area contributed by atoms with E-state index in [1.54, 1.807) is 10.8 Å². The highest BCUT2D eigenvalue weighted by Gasteiger charge is 2.16. The largest absolute Gasteiger partial charge is 0.345 e. The lowest BCUT2D eigenvalue weighted by molar-refractivity contribution is 0.237. The number of pyridine rings is 1. The van der Waals surface area contributed by atoms with Gasteiger partial charge >= 0.3 is 11.7 Å². The molecule has 2 N–H and O–H groups in total. The smallest absolute Gasteiger partial charge is 0.338 e. The molecule has 0 spiro atoms. The van der Waals surface area contributed by atoms with Gasteiger partial charge in [-0.2, -0.15) is 5.10 Å². The zero-order chi connectivity index (χ0) is 17.6. The molecule has 0 fully saturated rings. The molecular weight excluding hydrogens is 320 g/mol. The number of carbonyl (C=O) groups excluding carboxylic acids is 1. The van der Waals surface area contributed by atoms with Crippen LogP contribution in [0, 0.1) is 0 Å². The van der Waals surface area contributed by atoms with E-state index in [2.05, 4.69) is 20.7 Å². The van der Waals surface area contributed by atoms with Crippen LogP contribution in [-0.2, 0) is 19.5 Å². The van der Waals surface area contributed by atoms with Crippen LogP contribution in [0.3, 0.4) is 0 Å². The van der Waals surface area contributed by atoms with Gasteiger partial charge in [-0.25, -0.2) is 14.3 Å². The Kier molecular flexibility index (Phi) is 5.47. The molecule has 0 saturated heterocycles. The van der Waals surface area contributed by atoms with Crippen molar-refractivity contribution in [2.75, 3.05) is 6.54 Å². The van der Waals surface area contributed by atoms with Crippen LogP contribution in [0.15, 0.2) is 29.2 Å². The quantitative estimate of drug-likeness (QED) is 0.771. The molecule has 25 heavy (non-hydrogen) atoms. The van der Waals surface area contributed by atoms with Gasteiger partial charge in [-0.1, -0.05) is 6.07 Å². The third kappa shape index (κ3) is 4.26. The van der Waals surface area contributed by atoms with Crippen molar-refractivity contribution in [3.63, 3.8) is 0 Å². The number of carbonyl (C=O) groups is 1. The van der Waals surface area contributed by atoms with Gasteiger partial charge in [-0.3, -0.25) is 9.55 Å². The summed E-state index contributed by atoms with van der Waals surface area (Å²) in [6, 6.07) is 5.20. The first kappa shape index (κ1) is 17.2. The number of rotatable bonds is 6. The number of aromatic nitrogens is 4. The first-order chi connectivity index (χ1) is 12.1. The van der Waals surface area contributed by atoms with Crippen molar-refractivity contribution in [2.24, 2.45) is 0 Å². The minimum absolute atomic E-state index is 0.0390. The molecule has 2 amide bonds. The first-order valence-corrected chi connectivity index (χ1v) is 8.77. The van der Waals surface area contributed by atoms with Crippen LogP contribution in [0.2, 0.25) is 0 Å². The maximum atomic E-state index is 12.2. The van der Waals surface area contributed by atoms with E-state index in [0.29, 0.717) is 19.5 Å². The van der Waals surface area contributed by atoms with Gasteiger partial charge in [0.25, 0.3) is 0 Å². The van der Waals surface area contributed by atoms with Gasteiger partial charge < -0.3 is 10.6 Å². The van der Waals surface area contributed by atoms with Gasteiger partial charge in [0.1, 0.15) is 5.82 Å². The number of hydrogen-bond acceptors (Lipinski definition) is 4. The van der Waals surface area contributed by atoms with E-state index in [0.717, 1.165) is 37.3 Å². The van der Waals surface area contributed by atoms with Crippen LogP contribution in [0.1, 0.15) is 43.7 Å². The molecule has 1 aliphatic heterocycles. The van der Waals surface area contributed by atoms with Crippen molar-refractivity contribution in [3.8, 4) is 0 Å². The normalized spacial score (nSPS) is 14.6. The molecule has 8 heteroatoms. The Labute approximate surface area is 146 Å². The van der Waals surface area contributed by atoms with Crippen molar-refractivity contribution in [1.82, 2.24) is 30.0 Å². The lowest BCUT2D eigenvalue weighted by atomic mass is 10.2. The van der Waals surface area contributed by atoms with Crippen LogP contribution in [0.5, 0.6) is 0 Å². The Morgan fingerprint density at radius 3 is 3.00 bits per heavy atom. The van der Waals surface area contributed by atoms with Gasteiger partial charge in [-0.15, -0.1) is 0 Å². The maximum Gasteiger partial charge on any atom is 0.345 e. The number of fused-ring (bicyclic) bond motifs is 1. The van der Waals surface area contributed by atoms with Gasteiger partial charge in [0.2, 0.25) is 0 Å². The second-order valence-electron chi connectivity index (χ2n) is 6.26. The lowest BCUT2D eigenvalue weighted by Gasteiger charge is -2.14. The van der Waals surface area contributed by atoms with E-state index in [1.807, 2.05) is 25.1 Å². The van der Waals surface area contributed by atoms with Gasteiger partial charge in [-0.05, 0) is 38.3 Å². The van der Waals surface area contributed by atoms with E-state index in [9.17, 15) is 9.59 Å². The zero-order valence-corrected chi connectivity index (χ0v) is 14.4. The molecule has 0 radical (unpaired) electrons. The summed E-state index contributed by atoms with van der Waals surface area (Å²) in [7, 11) is 0. The predicted molar refractivity (Wildman–Crippen MR) is 93.2 cm³/mol. The number of urea groups is 1. The van der Waals surface area contributed by atoms with Crippen LogP contribution >= 0.6 is 0 Å². The highest BCUT2D eigenvalue weighted by molar-refractivity contribution is 5.74. The monoisotopic (exact) mass is 344 g/mol. The van der Waals surface area contributed by atoms with Crippen molar-refractivity contribution in [2.45, 2.75) is 51.7 Å². The number of hydrogen-bond donors (Lipinski definition) is 2. The fourth-order valence-electron chi connectivity index (χ4n) is 2.98. The van der Waals surface area contributed by atoms with Crippen LogP contribution in [0.25, 0.3) is 0 Å². The van der Waals surface area contributed by atoms with Crippen molar-refractivity contribution >= 4 is 6.03 Å². The molecule has 3 heterocycles. The Hall–Kier alpha value is -2.64. The first-order valence-electron chi connectivity index (χ1n) is 8.77. The summed E-state index contributed by atoms with van der Waals surface area (Å²) in [6.45, 7) is 3.64. The zero-order valence-electron chi connectivity index (χ0n) is 14.4. The Bertz CT molecular complexity index is 767. The van der Waals surface area contributed by atoms with Crippen LogP contribution in [0.4, 0.5) is 4.79 Å². The van der Waals surface area contributed by atoms with Gasteiger partial charge in [0, 0.05) is 32.3 Å². The minimum Gasteiger partial charge on any atom is -0.338 e. The van der Waals surface area contributed by atoms with Crippen molar-refractivity contribution < 1.29 is 4.79 Å². The SMILES string of the molecule is C[C@H](NC(=O)NCCCn1nc2n(c1=O)CCCC2)c1ccccn1. The molecule has 134 valence electrons. The highest BCUT2D eigenvalue weighted by Crippen LogP contribution is 2.09. The third-order valence-corrected chi connectivity index (χ3v) is 4.34. The molecule has 1 aliphatic rings. The van der Waals surface area contributed by atoms with Gasteiger partial charge in [0.05, 0.1) is 11.7 Å². The van der Waals surface area contributed by atoms with Crippen molar-refractivity contribution in [3.05, 3.63) is 46.4 Å². The van der Waals surface area contributed by atoms with E-state index in [-0.39, 0.29) is 17.8 Å². The Balaban J connectivity index is 1.42. The maximum absolute atomic E-state index is 12.2. The molecular formula is C17H24N6O2. The molecule has 0 saturated carbocycles. The molecule has 0 aliphatic carbocycles. The molecule has 8 nitrogen and oxygen atoms in total. The standard InChI is InChI=1S/C17H24N6O2/c1-13(14-7-2-4-9-18-14)20-16(24)19-10-6-12-23-17(25)22-11-5-3-8-15(22)21-23/h2,4,7,9,13H,3,5-6,8,10-12H2,1H3,(H2,19,20,24)/t13-/m0/s1. The number of nitrogens with one attached hydrogen (secondary N) is 2. The van der Waals surface area contributed by atoms with E-state index < -0.39 is 0 Å². The Morgan fingerprint density at radius 1 is 1.36 bits per heavy atom. The van der Waals surface area contributed by atoms with E-state index in [4.69, 9.17) is 0 Å². The van der Waals surface area contributed by atoms with E-state index in [1.165, 1.54) is 4.68 Å². The summed E-state index contributed by atoms with van der Waals surface area (Å²) in [5, 5.41) is 10.0. The molecule has 2 aromatic heterocycles. The summed E-state index contributed by atoms with van der Waals surface area (Å²) in [6.07, 6.45) is 5.35. The van der Waals surface area contributed by atoms with Crippen LogP contribution < -0.4 is 16.3 Å². The summed E-state index contributed by atoms with van der Waals surface area (Å²) in [5.41, 5.74) is 0.774. The average molecular weight is 344 g/mol. The average Bonchev–Trinajstić information content (AvgIpc) is 2.96. The molecule has 3 rings (SSSR count). The molecule has 0 unspecified atom stereocenters. The topological polar surface area (TPSA) is 93.8 Å². The van der Waals surface area contributed by atoms with Crippen molar-refractivity contribution in [1.29, 1.82) is 0 Å². The molecule has 1 atom stereocenters. The second-order valence-corrected chi connectivity index (χ2v) is 6.26. The molecule has 0 aromatic carbocycles. The van der Waals surface area contributed by atoms with E-state index >= 15 is 0 Å². The minimum atomic E-state index is -0.241. The summed E-state index contributed by atoms with van der Waals surface area (Å²) in [4.78, 5) is 28.3. The Morgan fingerprint density at radius 2 is 2.24 bits per heavy atom. The summed E-state index contributed by atoms with van der Waals surface area (Å²) < 4.78 is 3.27. The summed E-state index contributed by atoms with van der Waals surface area (Å²) in [5.74, 6) is 0.881. The number of nitrogens with zero attached hydrogens (tertiary/aromatic N) is 4. The predicted octanol–water partition coefficient (Wildman–Crippen LogP) is 1.23. The molecule has 2 aromatic rings. The fraction of sp³-hybridized carbons (Fsp3) is 0.529. The second kappa shape index (κ2) is 7.96. The van der Waals surface area contributed by atoms with Gasteiger partial charge in [0.15, 0.2) is 0 Å². The fourth-order valence-corrected chi connectivity index (χ4v) is 2.98. The third-order valence-electron chi connectivity index (χ3n) is 4.34. The number of aryl methyl sites for hydroxylation is 2. The van der Waals surface area contributed by atoms with Crippen LogP contribution in [-0.4, -0.2) is 31.9 Å². The lowest BCUT2D eigenvalue weighted by Crippen LogP contribution is -2.38. The highest BCUT2D eigenvalue weighted by atomic mass is 16.2.